The fourth-order valence-electron chi connectivity index (χ4n) is 2.53. The van der Waals surface area contributed by atoms with Crippen LogP contribution in [0, 0.1) is 0 Å². The topological polar surface area (TPSA) is 88.2 Å². The van der Waals surface area contributed by atoms with Crippen LogP contribution in [-0.4, -0.2) is 46.0 Å². The van der Waals surface area contributed by atoms with Crippen molar-refractivity contribution in [2.75, 3.05) is 20.3 Å². The number of aromatic nitrogens is 3. The van der Waals surface area contributed by atoms with Gasteiger partial charge >= 0.3 is 0 Å². The molecule has 0 fully saturated rings. The third-order valence-corrected chi connectivity index (χ3v) is 4.05. The average molecular weight is 373 g/mol. The highest BCUT2D eigenvalue weighted by Crippen LogP contribution is 2.11. The molecule has 0 aliphatic carbocycles. The first kappa shape index (κ1) is 18.0. The van der Waals surface area contributed by atoms with E-state index in [4.69, 9.17) is 16.3 Å². The lowest BCUT2D eigenvalue weighted by Gasteiger charge is -2.22. The number of amides is 1. The average Bonchev–Trinajstić information content (AvgIpc) is 2.65. The molecule has 2 aromatic heterocycles. The van der Waals surface area contributed by atoms with E-state index >= 15 is 0 Å². The minimum absolute atomic E-state index is 0.144. The Kier molecular flexibility index (Phi) is 5.60. The number of H-pyrrole nitrogens is 1. The number of nitrogens with one attached hydrogen (secondary N) is 1. The fraction of sp³-hybridized carbons (Fsp3) is 0.222. The lowest BCUT2D eigenvalue weighted by atomic mass is 10.2. The van der Waals surface area contributed by atoms with Crippen molar-refractivity contribution in [2.24, 2.45) is 0 Å². The molecular weight excluding hydrogens is 356 g/mol. The number of nitrogens with zero attached hydrogens (tertiary/aromatic N) is 3. The normalized spacial score (nSPS) is 10.8. The largest absolute Gasteiger partial charge is 0.383 e. The first-order chi connectivity index (χ1) is 12.6. The molecule has 0 saturated carbocycles. The lowest BCUT2D eigenvalue weighted by molar-refractivity contribution is 0.0675. The number of rotatable bonds is 6. The zero-order valence-corrected chi connectivity index (χ0v) is 14.9. The van der Waals surface area contributed by atoms with E-state index in [-0.39, 0.29) is 18.0 Å². The summed E-state index contributed by atoms with van der Waals surface area (Å²) in [6.07, 6.45) is 1.42. The summed E-state index contributed by atoms with van der Waals surface area (Å²) in [5.41, 5.74) is 0.741. The van der Waals surface area contributed by atoms with Gasteiger partial charge in [0.25, 0.3) is 11.5 Å². The smallest absolute Gasteiger partial charge is 0.258 e. The number of para-hydroxylation sites is 1. The molecule has 3 aromatic rings. The van der Waals surface area contributed by atoms with Crippen LogP contribution in [0.25, 0.3) is 10.9 Å². The second-order valence-electron chi connectivity index (χ2n) is 5.62. The number of hydrogen-bond acceptors (Lipinski definition) is 5. The van der Waals surface area contributed by atoms with Crippen molar-refractivity contribution in [1.82, 2.24) is 19.9 Å². The Labute approximate surface area is 154 Å². The molecule has 7 nitrogen and oxygen atoms in total. The van der Waals surface area contributed by atoms with Crippen LogP contribution < -0.4 is 5.56 Å². The highest BCUT2D eigenvalue weighted by molar-refractivity contribution is 6.29. The Morgan fingerprint density at radius 3 is 2.81 bits per heavy atom. The number of hydrogen-bond donors (Lipinski definition) is 1. The maximum Gasteiger partial charge on any atom is 0.258 e. The van der Waals surface area contributed by atoms with Gasteiger partial charge in [-0.2, -0.15) is 0 Å². The van der Waals surface area contributed by atoms with Gasteiger partial charge in [0.15, 0.2) is 0 Å². The summed E-state index contributed by atoms with van der Waals surface area (Å²) in [7, 11) is 1.56. The molecule has 2 heterocycles. The standard InChI is InChI=1S/C18H17ClN4O3/c1-26-9-8-23(18(25)12-6-7-15(19)20-10-12)11-16-21-14-5-3-2-4-13(14)17(24)22-16/h2-7,10H,8-9,11H2,1H3,(H,21,22,24). The summed E-state index contributed by atoms with van der Waals surface area (Å²) in [5.74, 6) is 0.155. The van der Waals surface area contributed by atoms with Gasteiger partial charge in [0.2, 0.25) is 0 Å². The summed E-state index contributed by atoms with van der Waals surface area (Å²) < 4.78 is 5.09. The molecule has 0 bridgehead atoms. The van der Waals surface area contributed by atoms with E-state index in [1.807, 2.05) is 6.07 Å². The van der Waals surface area contributed by atoms with Gasteiger partial charge in [-0.1, -0.05) is 23.7 Å². The fourth-order valence-corrected chi connectivity index (χ4v) is 2.64. The summed E-state index contributed by atoms with van der Waals surface area (Å²) in [6, 6.07) is 10.2. The predicted molar refractivity (Wildman–Crippen MR) is 98.2 cm³/mol. The molecular formula is C18H17ClN4O3. The monoisotopic (exact) mass is 372 g/mol. The van der Waals surface area contributed by atoms with E-state index in [2.05, 4.69) is 15.0 Å². The molecule has 0 aliphatic rings. The maximum atomic E-state index is 12.8. The van der Waals surface area contributed by atoms with E-state index in [1.54, 1.807) is 42.3 Å². The number of halogens is 1. The van der Waals surface area contributed by atoms with Crippen molar-refractivity contribution in [3.8, 4) is 0 Å². The van der Waals surface area contributed by atoms with Crippen LogP contribution in [0.1, 0.15) is 16.2 Å². The van der Waals surface area contributed by atoms with Crippen LogP contribution in [-0.2, 0) is 11.3 Å². The van der Waals surface area contributed by atoms with Crippen LogP contribution in [0.4, 0.5) is 0 Å². The number of ether oxygens (including phenoxy) is 1. The van der Waals surface area contributed by atoms with Gasteiger partial charge in [-0.05, 0) is 24.3 Å². The van der Waals surface area contributed by atoms with Gasteiger partial charge in [0.05, 0.1) is 29.6 Å². The van der Waals surface area contributed by atoms with Gasteiger partial charge in [-0.3, -0.25) is 9.59 Å². The number of carbonyl (C=O) groups is 1. The van der Waals surface area contributed by atoms with E-state index < -0.39 is 0 Å². The van der Waals surface area contributed by atoms with Gasteiger partial charge in [-0.15, -0.1) is 0 Å². The summed E-state index contributed by atoms with van der Waals surface area (Å²) >= 11 is 5.78. The summed E-state index contributed by atoms with van der Waals surface area (Å²) in [4.78, 5) is 37.7. The SMILES string of the molecule is COCCN(Cc1nc2ccccc2c(=O)[nH]1)C(=O)c1ccc(Cl)nc1. The zero-order chi connectivity index (χ0) is 18.5. The van der Waals surface area contributed by atoms with Crippen molar-refractivity contribution in [2.45, 2.75) is 6.54 Å². The molecule has 8 heteroatoms. The minimum atomic E-state index is -0.248. The number of methoxy groups -OCH3 is 1. The van der Waals surface area contributed by atoms with Gasteiger partial charge in [0.1, 0.15) is 11.0 Å². The highest BCUT2D eigenvalue weighted by Gasteiger charge is 2.18. The molecule has 0 aliphatic heterocycles. The lowest BCUT2D eigenvalue weighted by Crippen LogP contribution is -2.34. The van der Waals surface area contributed by atoms with Crippen molar-refractivity contribution in [3.05, 3.63) is 69.5 Å². The number of fused-ring (bicyclic) bond motifs is 1. The van der Waals surface area contributed by atoms with Crippen LogP contribution in [0.15, 0.2) is 47.4 Å². The molecule has 0 saturated heterocycles. The Morgan fingerprint density at radius 2 is 2.08 bits per heavy atom. The van der Waals surface area contributed by atoms with Crippen LogP contribution >= 0.6 is 11.6 Å². The van der Waals surface area contributed by atoms with E-state index in [0.29, 0.717) is 40.6 Å². The van der Waals surface area contributed by atoms with Crippen molar-refractivity contribution >= 4 is 28.4 Å². The van der Waals surface area contributed by atoms with Gasteiger partial charge in [0, 0.05) is 19.9 Å². The predicted octanol–water partition coefficient (Wildman–Crippen LogP) is 2.26. The Morgan fingerprint density at radius 1 is 1.27 bits per heavy atom. The minimum Gasteiger partial charge on any atom is -0.383 e. The summed E-state index contributed by atoms with van der Waals surface area (Å²) in [6.45, 7) is 0.837. The quantitative estimate of drug-likeness (QED) is 0.670. The van der Waals surface area contributed by atoms with E-state index in [0.717, 1.165) is 0 Å². The molecule has 26 heavy (non-hydrogen) atoms. The van der Waals surface area contributed by atoms with Crippen molar-refractivity contribution in [3.63, 3.8) is 0 Å². The molecule has 0 radical (unpaired) electrons. The van der Waals surface area contributed by atoms with E-state index in [1.165, 1.54) is 6.20 Å². The number of benzene rings is 1. The molecule has 0 spiro atoms. The second kappa shape index (κ2) is 8.07. The zero-order valence-electron chi connectivity index (χ0n) is 14.1. The molecule has 1 amide bonds. The van der Waals surface area contributed by atoms with Gasteiger partial charge < -0.3 is 14.6 Å². The highest BCUT2D eigenvalue weighted by atomic mass is 35.5. The molecule has 0 unspecified atom stereocenters. The summed E-state index contributed by atoms with van der Waals surface area (Å²) in [5, 5.41) is 0.818. The van der Waals surface area contributed by atoms with Crippen LogP contribution in [0.5, 0.6) is 0 Å². The molecule has 134 valence electrons. The molecule has 3 rings (SSSR count). The van der Waals surface area contributed by atoms with Crippen molar-refractivity contribution < 1.29 is 9.53 Å². The first-order valence-electron chi connectivity index (χ1n) is 7.96. The first-order valence-corrected chi connectivity index (χ1v) is 8.34. The third kappa shape index (κ3) is 4.07. The van der Waals surface area contributed by atoms with Crippen molar-refractivity contribution in [1.29, 1.82) is 0 Å². The van der Waals surface area contributed by atoms with Crippen LogP contribution in [0.3, 0.4) is 0 Å². The molecule has 0 atom stereocenters. The van der Waals surface area contributed by atoms with E-state index in [9.17, 15) is 9.59 Å². The Bertz CT molecular complexity index is 972. The molecule has 1 aromatic carbocycles. The Balaban J connectivity index is 1.89. The van der Waals surface area contributed by atoms with Gasteiger partial charge in [-0.25, -0.2) is 9.97 Å². The third-order valence-electron chi connectivity index (χ3n) is 3.83. The Hall–Kier alpha value is -2.77. The second-order valence-corrected chi connectivity index (χ2v) is 6.01. The number of carbonyl (C=O) groups excluding carboxylic acids is 1. The number of pyridine rings is 1. The number of aromatic amines is 1. The maximum absolute atomic E-state index is 12.8. The molecule has 1 N–H and O–H groups in total. The van der Waals surface area contributed by atoms with Crippen LogP contribution in [0.2, 0.25) is 5.15 Å².